The Hall–Kier alpha value is -2.09. The predicted molar refractivity (Wildman–Crippen MR) is 83.8 cm³/mol. The molecule has 2 aromatic rings. The Morgan fingerprint density at radius 1 is 1.00 bits per heavy atom. The molecule has 0 bridgehead atoms. The molecule has 1 saturated carbocycles. The van der Waals surface area contributed by atoms with E-state index in [2.05, 4.69) is 18.2 Å². The molecule has 0 aromatic heterocycles. The monoisotopic (exact) mass is 280 g/mol. The largest absolute Gasteiger partial charge is 0.496 e. The van der Waals surface area contributed by atoms with Crippen LogP contribution >= 0.6 is 0 Å². The van der Waals surface area contributed by atoms with Gasteiger partial charge in [-0.3, -0.25) is 4.79 Å². The van der Waals surface area contributed by atoms with Crippen LogP contribution in [0.2, 0.25) is 0 Å². The second-order valence-electron chi connectivity index (χ2n) is 5.64. The Kier molecular flexibility index (Phi) is 4.05. The minimum Gasteiger partial charge on any atom is -0.496 e. The summed E-state index contributed by atoms with van der Waals surface area (Å²) in [5, 5.41) is 0. The molecular weight excluding hydrogens is 260 g/mol. The molecule has 2 unspecified atom stereocenters. The molecule has 2 aromatic carbocycles. The van der Waals surface area contributed by atoms with Gasteiger partial charge in [0.2, 0.25) is 0 Å². The van der Waals surface area contributed by atoms with Gasteiger partial charge < -0.3 is 4.74 Å². The minimum absolute atomic E-state index is 0.0230. The summed E-state index contributed by atoms with van der Waals surface area (Å²) in [6.07, 6.45) is 2.45. The number of Topliss-reactive ketones (excluding diaryl/α,β-unsaturated/α-hetero) is 1. The van der Waals surface area contributed by atoms with E-state index in [9.17, 15) is 4.79 Å². The van der Waals surface area contributed by atoms with E-state index in [4.69, 9.17) is 4.74 Å². The number of benzene rings is 2. The van der Waals surface area contributed by atoms with Crippen molar-refractivity contribution in [3.05, 3.63) is 65.7 Å². The van der Waals surface area contributed by atoms with Gasteiger partial charge in [0.05, 0.1) is 7.11 Å². The Morgan fingerprint density at radius 2 is 1.71 bits per heavy atom. The first-order valence-corrected chi connectivity index (χ1v) is 7.50. The van der Waals surface area contributed by atoms with E-state index in [1.54, 1.807) is 7.11 Å². The molecule has 0 spiro atoms. The summed E-state index contributed by atoms with van der Waals surface area (Å²) in [6, 6.07) is 18.3. The third-order valence-corrected chi connectivity index (χ3v) is 4.43. The van der Waals surface area contributed by atoms with Crippen LogP contribution < -0.4 is 4.74 Å². The van der Waals surface area contributed by atoms with Crippen molar-refractivity contribution >= 4 is 5.78 Å². The lowest BCUT2D eigenvalue weighted by molar-refractivity contribution is -0.122. The number of methoxy groups -OCH3 is 1. The molecule has 0 radical (unpaired) electrons. The molecule has 1 aliphatic rings. The van der Waals surface area contributed by atoms with Crippen molar-refractivity contribution in [1.82, 2.24) is 0 Å². The number of ketones is 1. The van der Waals surface area contributed by atoms with Crippen molar-refractivity contribution in [2.45, 2.75) is 31.1 Å². The maximum atomic E-state index is 12.3. The van der Waals surface area contributed by atoms with Crippen LogP contribution in [-0.2, 0) is 4.79 Å². The molecule has 0 heterocycles. The van der Waals surface area contributed by atoms with Crippen molar-refractivity contribution in [2.24, 2.45) is 0 Å². The average molecular weight is 280 g/mol. The molecular formula is C19H20O2. The first-order valence-electron chi connectivity index (χ1n) is 7.50. The van der Waals surface area contributed by atoms with E-state index >= 15 is 0 Å². The van der Waals surface area contributed by atoms with Gasteiger partial charge in [-0.15, -0.1) is 0 Å². The van der Waals surface area contributed by atoms with Crippen molar-refractivity contribution in [1.29, 1.82) is 0 Å². The van der Waals surface area contributed by atoms with Crippen LogP contribution in [0.1, 0.15) is 42.2 Å². The van der Waals surface area contributed by atoms with Crippen molar-refractivity contribution in [3.8, 4) is 5.75 Å². The Bertz CT molecular complexity index is 618. The lowest BCUT2D eigenvalue weighted by Gasteiger charge is -2.29. The van der Waals surface area contributed by atoms with Gasteiger partial charge in [-0.1, -0.05) is 48.5 Å². The van der Waals surface area contributed by atoms with Crippen LogP contribution in [0.3, 0.4) is 0 Å². The zero-order chi connectivity index (χ0) is 14.7. The Labute approximate surface area is 125 Å². The standard InChI is InChI=1S/C19H20O2/c1-21-19-10-6-5-9-16(19)15-11-12-18(20)17(13-15)14-7-3-2-4-8-14/h2-10,15,17H,11-13H2,1H3. The molecule has 0 N–H and O–H groups in total. The van der Waals surface area contributed by atoms with Crippen molar-refractivity contribution in [3.63, 3.8) is 0 Å². The highest BCUT2D eigenvalue weighted by molar-refractivity contribution is 5.86. The summed E-state index contributed by atoms with van der Waals surface area (Å²) in [5.74, 6) is 1.72. The van der Waals surface area contributed by atoms with Gasteiger partial charge in [0.25, 0.3) is 0 Å². The van der Waals surface area contributed by atoms with Crippen molar-refractivity contribution in [2.75, 3.05) is 7.11 Å². The van der Waals surface area contributed by atoms with Crippen LogP contribution in [0.5, 0.6) is 5.75 Å². The minimum atomic E-state index is 0.0230. The molecule has 0 amide bonds. The summed E-state index contributed by atoms with van der Waals surface area (Å²) in [4.78, 5) is 12.3. The van der Waals surface area contributed by atoms with Gasteiger partial charge in [-0.2, -0.15) is 0 Å². The van der Waals surface area contributed by atoms with Gasteiger partial charge in [0.15, 0.2) is 0 Å². The molecule has 2 nitrogen and oxygen atoms in total. The molecule has 2 heteroatoms. The molecule has 108 valence electrons. The second-order valence-corrected chi connectivity index (χ2v) is 5.64. The smallest absolute Gasteiger partial charge is 0.140 e. The zero-order valence-electron chi connectivity index (χ0n) is 12.3. The first-order chi connectivity index (χ1) is 10.3. The number of para-hydroxylation sites is 1. The van der Waals surface area contributed by atoms with Gasteiger partial charge in [0.1, 0.15) is 11.5 Å². The Balaban J connectivity index is 1.88. The van der Waals surface area contributed by atoms with E-state index in [0.717, 1.165) is 24.2 Å². The van der Waals surface area contributed by atoms with Crippen LogP contribution in [0.15, 0.2) is 54.6 Å². The lowest BCUT2D eigenvalue weighted by atomic mass is 9.74. The van der Waals surface area contributed by atoms with Crippen LogP contribution in [0.4, 0.5) is 0 Å². The highest BCUT2D eigenvalue weighted by Gasteiger charge is 2.31. The predicted octanol–water partition coefficient (Wildman–Crippen LogP) is 4.32. The van der Waals surface area contributed by atoms with Gasteiger partial charge in [0, 0.05) is 12.3 Å². The molecule has 1 aliphatic carbocycles. The molecule has 0 aliphatic heterocycles. The summed E-state index contributed by atoms with van der Waals surface area (Å²) in [5.41, 5.74) is 2.37. The second kappa shape index (κ2) is 6.13. The fourth-order valence-corrected chi connectivity index (χ4v) is 3.32. The summed E-state index contributed by atoms with van der Waals surface area (Å²) in [6.45, 7) is 0. The van der Waals surface area contributed by atoms with Gasteiger partial charge in [-0.05, 0) is 36.0 Å². The fraction of sp³-hybridized carbons (Fsp3) is 0.316. The van der Waals surface area contributed by atoms with E-state index < -0.39 is 0 Å². The summed E-state index contributed by atoms with van der Waals surface area (Å²) >= 11 is 0. The number of carbonyl (C=O) groups is 1. The highest BCUT2D eigenvalue weighted by atomic mass is 16.5. The molecule has 1 fully saturated rings. The van der Waals surface area contributed by atoms with E-state index in [0.29, 0.717) is 18.1 Å². The summed E-state index contributed by atoms with van der Waals surface area (Å²) in [7, 11) is 1.71. The maximum absolute atomic E-state index is 12.3. The number of carbonyl (C=O) groups excluding carboxylic acids is 1. The number of hydrogen-bond donors (Lipinski definition) is 0. The van der Waals surface area contributed by atoms with Crippen LogP contribution in [0, 0.1) is 0 Å². The van der Waals surface area contributed by atoms with Crippen molar-refractivity contribution < 1.29 is 9.53 Å². The van der Waals surface area contributed by atoms with Crippen LogP contribution in [0.25, 0.3) is 0 Å². The number of hydrogen-bond acceptors (Lipinski definition) is 2. The first kappa shape index (κ1) is 13.9. The van der Waals surface area contributed by atoms with Gasteiger partial charge >= 0.3 is 0 Å². The normalized spacial score (nSPS) is 22.0. The third-order valence-electron chi connectivity index (χ3n) is 4.43. The van der Waals surface area contributed by atoms with E-state index in [1.165, 1.54) is 5.56 Å². The Morgan fingerprint density at radius 3 is 2.48 bits per heavy atom. The van der Waals surface area contributed by atoms with E-state index in [-0.39, 0.29) is 5.92 Å². The molecule has 3 rings (SSSR count). The SMILES string of the molecule is COc1ccccc1C1CCC(=O)C(c2ccccc2)C1. The van der Waals surface area contributed by atoms with Gasteiger partial charge in [-0.25, -0.2) is 0 Å². The van der Waals surface area contributed by atoms with Crippen LogP contribution in [-0.4, -0.2) is 12.9 Å². The zero-order valence-corrected chi connectivity index (χ0v) is 12.3. The molecule has 0 saturated heterocycles. The number of ether oxygens (including phenoxy) is 1. The topological polar surface area (TPSA) is 26.3 Å². The molecule has 2 atom stereocenters. The average Bonchev–Trinajstić information content (AvgIpc) is 2.56. The highest BCUT2D eigenvalue weighted by Crippen LogP contribution is 2.41. The third kappa shape index (κ3) is 2.85. The van der Waals surface area contributed by atoms with E-state index in [1.807, 2.05) is 36.4 Å². The number of rotatable bonds is 3. The maximum Gasteiger partial charge on any atom is 0.140 e. The fourth-order valence-electron chi connectivity index (χ4n) is 3.32. The molecule has 21 heavy (non-hydrogen) atoms. The summed E-state index contributed by atoms with van der Waals surface area (Å²) < 4.78 is 5.48. The lowest BCUT2D eigenvalue weighted by Crippen LogP contribution is -2.22. The quantitative estimate of drug-likeness (QED) is 0.837.